The molecule has 0 amide bonds. The molecular formula is C6H11NO. The van der Waals surface area contributed by atoms with Gasteiger partial charge in [-0.15, -0.1) is 0 Å². The molecule has 3 fully saturated rings. The van der Waals surface area contributed by atoms with E-state index in [2.05, 4.69) is 0 Å². The van der Waals surface area contributed by atoms with Crippen LogP contribution in [0, 0.1) is 11.8 Å². The van der Waals surface area contributed by atoms with Crippen LogP contribution in [-0.2, 0) is 0 Å². The van der Waals surface area contributed by atoms with Gasteiger partial charge < -0.3 is 10.8 Å². The van der Waals surface area contributed by atoms with E-state index in [1.54, 1.807) is 0 Å². The van der Waals surface area contributed by atoms with Crippen molar-refractivity contribution in [3.8, 4) is 0 Å². The van der Waals surface area contributed by atoms with Crippen LogP contribution in [-0.4, -0.2) is 17.3 Å². The summed E-state index contributed by atoms with van der Waals surface area (Å²) in [6, 6.07) is 0.338. The molecule has 3 aliphatic carbocycles. The first-order valence-electron chi connectivity index (χ1n) is 3.22. The van der Waals surface area contributed by atoms with Crippen molar-refractivity contribution in [3.05, 3.63) is 0 Å². The molecule has 0 spiro atoms. The van der Waals surface area contributed by atoms with E-state index >= 15 is 0 Å². The molecule has 0 aliphatic heterocycles. The SMILES string of the molecule is NC1C2CC(O)C1C2. The Morgan fingerprint density at radius 3 is 2.25 bits per heavy atom. The molecule has 46 valence electrons. The highest BCUT2D eigenvalue weighted by Gasteiger charge is 2.50. The number of hydrogen-bond donors (Lipinski definition) is 2. The minimum Gasteiger partial charge on any atom is -0.393 e. The van der Waals surface area contributed by atoms with E-state index in [4.69, 9.17) is 10.8 Å². The van der Waals surface area contributed by atoms with Crippen LogP contribution in [0.2, 0.25) is 0 Å². The summed E-state index contributed by atoms with van der Waals surface area (Å²) in [4.78, 5) is 0. The Morgan fingerprint density at radius 1 is 1.38 bits per heavy atom. The monoisotopic (exact) mass is 113 g/mol. The lowest BCUT2D eigenvalue weighted by atomic mass is 9.79. The van der Waals surface area contributed by atoms with Gasteiger partial charge in [-0.1, -0.05) is 0 Å². The van der Waals surface area contributed by atoms with Crippen LogP contribution in [0.1, 0.15) is 12.8 Å². The van der Waals surface area contributed by atoms with Gasteiger partial charge in [-0.05, 0) is 18.8 Å². The molecule has 4 atom stereocenters. The summed E-state index contributed by atoms with van der Waals surface area (Å²) < 4.78 is 0. The first-order chi connectivity index (χ1) is 3.79. The molecule has 0 heterocycles. The second-order valence-corrected chi connectivity index (χ2v) is 3.04. The Balaban J connectivity index is 2.13. The fourth-order valence-corrected chi connectivity index (χ4v) is 1.97. The van der Waals surface area contributed by atoms with Gasteiger partial charge in [0.2, 0.25) is 0 Å². The van der Waals surface area contributed by atoms with Crippen molar-refractivity contribution < 1.29 is 5.11 Å². The van der Waals surface area contributed by atoms with Gasteiger partial charge in [0.25, 0.3) is 0 Å². The summed E-state index contributed by atoms with van der Waals surface area (Å²) in [6.45, 7) is 0. The number of fused-ring (bicyclic) bond motifs is 1. The summed E-state index contributed by atoms with van der Waals surface area (Å²) in [6.07, 6.45) is 2.09. The number of rotatable bonds is 0. The number of aliphatic hydroxyl groups is 1. The molecule has 3 aliphatic rings. The standard InChI is InChI=1S/C6H11NO/c7-6-3-1-4(6)5(8)2-3/h3-6,8H,1-2,7H2. The largest absolute Gasteiger partial charge is 0.393 e. The van der Waals surface area contributed by atoms with Crippen LogP contribution >= 0.6 is 0 Å². The topological polar surface area (TPSA) is 46.2 Å². The minimum absolute atomic E-state index is 0.0602. The highest BCUT2D eigenvalue weighted by atomic mass is 16.3. The Morgan fingerprint density at radius 2 is 2.12 bits per heavy atom. The molecule has 2 nitrogen and oxygen atoms in total. The van der Waals surface area contributed by atoms with Gasteiger partial charge in [0.15, 0.2) is 0 Å². The summed E-state index contributed by atoms with van der Waals surface area (Å²) in [7, 11) is 0. The fourth-order valence-electron chi connectivity index (χ4n) is 1.97. The van der Waals surface area contributed by atoms with Crippen molar-refractivity contribution in [1.29, 1.82) is 0 Å². The molecule has 4 unspecified atom stereocenters. The summed E-state index contributed by atoms with van der Waals surface area (Å²) in [5.41, 5.74) is 5.66. The summed E-state index contributed by atoms with van der Waals surface area (Å²) in [5.74, 6) is 1.12. The highest BCUT2D eigenvalue weighted by Crippen LogP contribution is 2.47. The van der Waals surface area contributed by atoms with Crippen LogP contribution in [0.5, 0.6) is 0 Å². The predicted octanol–water partition coefficient (Wildman–Crippen LogP) is -0.286. The third-order valence-corrected chi connectivity index (χ3v) is 2.65. The Bertz CT molecular complexity index is 111. The van der Waals surface area contributed by atoms with Crippen LogP contribution in [0.15, 0.2) is 0 Å². The van der Waals surface area contributed by atoms with Gasteiger partial charge in [0.05, 0.1) is 6.10 Å². The van der Waals surface area contributed by atoms with E-state index in [9.17, 15) is 0 Å². The van der Waals surface area contributed by atoms with Gasteiger partial charge in [-0.2, -0.15) is 0 Å². The number of hydrogen-bond acceptors (Lipinski definition) is 2. The normalized spacial score (nSPS) is 60.8. The maximum atomic E-state index is 9.13. The van der Waals surface area contributed by atoms with Crippen molar-refractivity contribution in [2.45, 2.75) is 25.0 Å². The van der Waals surface area contributed by atoms with Crippen molar-refractivity contribution in [3.63, 3.8) is 0 Å². The third kappa shape index (κ3) is 0.361. The molecule has 0 aromatic rings. The molecule has 3 saturated carbocycles. The quantitative estimate of drug-likeness (QED) is 0.453. The van der Waals surface area contributed by atoms with Crippen LogP contribution in [0.4, 0.5) is 0 Å². The molecule has 0 saturated heterocycles. The Hall–Kier alpha value is -0.0800. The van der Waals surface area contributed by atoms with E-state index < -0.39 is 0 Å². The third-order valence-electron chi connectivity index (χ3n) is 2.65. The van der Waals surface area contributed by atoms with E-state index in [-0.39, 0.29) is 6.10 Å². The molecule has 2 bridgehead atoms. The molecule has 0 aromatic heterocycles. The van der Waals surface area contributed by atoms with Gasteiger partial charge >= 0.3 is 0 Å². The minimum atomic E-state index is -0.0602. The maximum absolute atomic E-state index is 9.13. The lowest BCUT2D eigenvalue weighted by Crippen LogP contribution is -2.43. The first kappa shape index (κ1) is 4.77. The molecular weight excluding hydrogens is 102 g/mol. The van der Waals surface area contributed by atoms with Crippen LogP contribution in [0.3, 0.4) is 0 Å². The van der Waals surface area contributed by atoms with E-state index in [1.165, 1.54) is 6.42 Å². The lowest BCUT2D eigenvalue weighted by Gasteiger charge is -2.32. The smallest absolute Gasteiger partial charge is 0.0586 e. The van der Waals surface area contributed by atoms with Gasteiger partial charge in [-0.3, -0.25) is 0 Å². The molecule has 2 heteroatoms. The maximum Gasteiger partial charge on any atom is 0.0586 e. The molecule has 0 aromatic carbocycles. The van der Waals surface area contributed by atoms with Crippen molar-refractivity contribution in [2.24, 2.45) is 17.6 Å². The molecule has 3 rings (SSSR count). The zero-order valence-electron chi connectivity index (χ0n) is 4.75. The van der Waals surface area contributed by atoms with Gasteiger partial charge in [0, 0.05) is 12.0 Å². The zero-order valence-corrected chi connectivity index (χ0v) is 4.75. The van der Waals surface area contributed by atoms with Crippen molar-refractivity contribution in [2.75, 3.05) is 0 Å². The molecule has 8 heavy (non-hydrogen) atoms. The highest BCUT2D eigenvalue weighted by molar-refractivity contribution is 5.04. The van der Waals surface area contributed by atoms with Crippen LogP contribution in [0.25, 0.3) is 0 Å². The summed E-state index contributed by atoms with van der Waals surface area (Å²) >= 11 is 0. The number of nitrogens with two attached hydrogens (primary N) is 1. The average Bonchev–Trinajstić information content (AvgIpc) is 2.19. The summed E-state index contributed by atoms with van der Waals surface area (Å²) in [5, 5.41) is 9.13. The lowest BCUT2D eigenvalue weighted by molar-refractivity contribution is 0.117. The predicted molar refractivity (Wildman–Crippen MR) is 30.2 cm³/mol. The van der Waals surface area contributed by atoms with Crippen molar-refractivity contribution in [1.82, 2.24) is 0 Å². The zero-order chi connectivity index (χ0) is 5.72. The van der Waals surface area contributed by atoms with Crippen LogP contribution < -0.4 is 5.73 Å². The van der Waals surface area contributed by atoms with E-state index in [0.717, 1.165) is 6.42 Å². The van der Waals surface area contributed by atoms with E-state index in [1.807, 2.05) is 0 Å². The second-order valence-electron chi connectivity index (χ2n) is 3.04. The van der Waals surface area contributed by atoms with Gasteiger partial charge in [-0.25, -0.2) is 0 Å². The van der Waals surface area contributed by atoms with Gasteiger partial charge in [0.1, 0.15) is 0 Å². The Kier molecular flexibility index (Phi) is 0.746. The van der Waals surface area contributed by atoms with E-state index in [0.29, 0.717) is 17.9 Å². The van der Waals surface area contributed by atoms with Crippen molar-refractivity contribution >= 4 is 0 Å². The average molecular weight is 113 g/mol. The molecule has 0 radical (unpaired) electrons. The first-order valence-corrected chi connectivity index (χ1v) is 3.22. The Labute approximate surface area is 48.7 Å². The molecule has 3 N–H and O–H groups in total. The second kappa shape index (κ2) is 1.25. The number of aliphatic hydroxyl groups excluding tert-OH is 1. The fraction of sp³-hybridized carbons (Fsp3) is 1.00.